The fourth-order valence-corrected chi connectivity index (χ4v) is 7.79. The molecule has 2 unspecified atom stereocenters. The van der Waals surface area contributed by atoms with Crippen LogP contribution in [0.3, 0.4) is 0 Å². The highest BCUT2D eigenvalue weighted by Crippen LogP contribution is 2.67. The molecule has 2 aromatic heterocycles. The summed E-state index contributed by atoms with van der Waals surface area (Å²) in [7, 11) is 1.64. The molecular weight excluding hydrogens is 478 g/mol. The van der Waals surface area contributed by atoms with Crippen LogP contribution in [0.5, 0.6) is 5.75 Å². The Hall–Kier alpha value is -2.75. The second-order valence-corrected chi connectivity index (χ2v) is 11.4. The molecule has 2 fully saturated rings. The van der Waals surface area contributed by atoms with Crippen molar-refractivity contribution < 1.29 is 33.6 Å². The number of esters is 1. The summed E-state index contributed by atoms with van der Waals surface area (Å²) in [6, 6.07) is 5.09. The van der Waals surface area contributed by atoms with E-state index in [0.29, 0.717) is 24.8 Å². The molecular formula is C28H35NO8. The summed E-state index contributed by atoms with van der Waals surface area (Å²) in [6.07, 6.45) is 2.78. The Balaban J connectivity index is 1.68. The van der Waals surface area contributed by atoms with Crippen molar-refractivity contribution in [1.29, 1.82) is 0 Å². The van der Waals surface area contributed by atoms with Crippen LogP contribution >= 0.6 is 0 Å². The highest BCUT2D eigenvalue weighted by molar-refractivity contribution is 5.66. The third-order valence-electron chi connectivity index (χ3n) is 9.46. The normalized spacial score (nSPS) is 38.5. The van der Waals surface area contributed by atoms with E-state index in [1.165, 1.54) is 6.92 Å². The molecule has 8 atom stereocenters. The number of aliphatic hydroxyl groups is 2. The van der Waals surface area contributed by atoms with Crippen molar-refractivity contribution in [3.8, 4) is 17.1 Å². The number of aliphatic hydroxyl groups excluding tert-OH is 2. The Labute approximate surface area is 215 Å². The van der Waals surface area contributed by atoms with Gasteiger partial charge in [0.15, 0.2) is 0 Å². The van der Waals surface area contributed by atoms with Crippen LogP contribution in [0.2, 0.25) is 0 Å². The topological polar surface area (TPSA) is 128 Å². The predicted molar refractivity (Wildman–Crippen MR) is 133 cm³/mol. The van der Waals surface area contributed by atoms with Crippen LogP contribution in [0.25, 0.3) is 11.3 Å². The van der Waals surface area contributed by atoms with E-state index in [1.807, 2.05) is 13.8 Å². The molecule has 37 heavy (non-hydrogen) atoms. The lowest BCUT2D eigenvalue weighted by Gasteiger charge is -2.66. The highest BCUT2D eigenvalue weighted by atomic mass is 16.6. The Morgan fingerprint density at radius 1 is 1.27 bits per heavy atom. The van der Waals surface area contributed by atoms with Gasteiger partial charge in [0.05, 0.1) is 18.8 Å². The Morgan fingerprint density at radius 3 is 2.65 bits per heavy atom. The largest absolute Gasteiger partial charge is 0.482 e. The second kappa shape index (κ2) is 8.92. The Bertz CT molecular complexity index is 1250. The number of rotatable bonds is 4. The van der Waals surface area contributed by atoms with Crippen molar-refractivity contribution >= 4 is 5.97 Å². The van der Waals surface area contributed by atoms with Crippen molar-refractivity contribution in [2.24, 2.45) is 22.7 Å². The molecule has 5 rings (SSSR count). The first-order valence-corrected chi connectivity index (χ1v) is 12.8. The number of fused-ring (bicyclic) bond motifs is 4. The number of aromatic nitrogens is 1. The summed E-state index contributed by atoms with van der Waals surface area (Å²) in [5.74, 6) is -0.801. The number of pyridine rings is 1. The third kappa shape index (κ3) is 3.73. The molecule has 2 saturated carbocycles. The standard InChI is InChI=1S/C28H35NO8/c1-15(31)35-21-12-19-26(2,9-8-20(34-5)27(19,3)14-30)24-23(32)22-18(37-28(21,24)4)11-17(36-25(22)33)16-7-6-10-29-13-16/h6-7,10-11,13,19-21,23-24,30,32H,8-9,12,14H2,1-5H3/t19?,20-,21-,23-,24?,26-,27-,28+/m0/s1. The molecule has 0 amide bonds. The number of carbonyl (C=O) groups is 1. The molecule has 9 nitrogen and oxygen atoms in total. The first kappa shape index (κ1) is 25.9. The SMILES string of the molecule is CO[C@H]1CC[C@@]2(C)C(C[C@H](OC(C)=O)[C@@]3(C)Oc4cc(-c5cccnc5)oc(=O)c4[C@H](O)C23)[C@]1(C)CO. The van der Waals surface area contributed by atoms with Crippen molar-refractivity contribution in [2.45, 2.75) is 70.9 Å². The summed E-state index contributed by atoms with van der Waals surface area (Å²) in [4.78, 5) is 29.6. The first-order valence-electron chi connectivity index (χ1n) is 12.8. The quantitative estimate of drug-likeness (QED) is 0.592. The van der Waals surface area contributed by atoms with E-state index in [9.17, 15) is 19.8 Å². The monoisotopic (exact) mass is 513 g/mol. The van der Waals surface area contributed by atoms with Gasteiger partial charge in [0.1, 0.15) is 28.8 Å². The maximum Gasteiger partial charge on any atom is 0.345 e. The molecule has 0 aromatic carbocycles. The lowest BCUT2D eigenvalue weighted by atomic mass is 9.42. The van der Waals surface area contributed by atoms with Gasteiger partial charge in [-0.25, -0.2) is 4.79 Å². The molecule has 0 bridgehead atoms. The van der Waals surface area contributed by atoms with Gasteiger partial charge in [0.2, 0.25) is 0 Å². The number of carbonyl (C=O) groups excluding carboxylic acids is 1. The summed E-state index contributed by atoms with van der Waals surface area (Å²) in [6.45, 7) is 7.11. The molecule has 0 spiro atoms. The predicted octanol–water partition coefficient (Wildman–Crippen LogP) is 3.27. The van der Waals surface area contributed by atoms with Crippen molar-refractivity contribution in [2.75, 3.05) is 13.7 Å². The minimum atomic E-state index is -1.24. The molecule has 0 saturated heterocycles. The van der Waals surface area contributed by atoms with Gasteiger partial charge in [-0.1, -0.05) is 13.8 Å². The van der Waals surface area contributed by atoms with Crippen LogP contribution in [0, 0.1) is 22.7 Å². The van der Waals surface area contributed by atoms with E-state index < -0.39 is 46.2 Å². The smallest absolute Gasteiger partial charge is 0.345 e. The van der Waals surface area contributed by atoms with Gasteiger partial charge >= 0.3 is 11.6 Å². The van der Waals surface area contributed by atoms with E-state index in [0.717, 1.165) is 0 Å². The molecule has 3 aliphatic rings. The van der Waals surface area contributed by atoms with Gasteiger partial charge in [-0.15, -0.1) is 0 Å². The zero-order valence-electron chi connectivity index (χ0n) is 21.9. The van der Waals surface area contributed by atoms with Crippen LogP contribution in [0.1, 0.15) is 58.6 Å². The van der Waals surface area contributed by atoms with Crippen LogP contribution in [-0.4, -0.2) is 52.7 Å². The van der Waals surface area contributed by atoms with Gasteiger partial charge in [-0.2, -0.15) is 0 Å². The number of ether oxygens (including phenoxy) is 3. The second-order valence-electron chi connectivity index (χ2n) is 11.4. The Kier molecular flexibility index (Phi) is 6.24. The van der Waals surface area contributed by atoms with E-state index in [2.05, 4.69) is 11.9 Å². The van der Waals surface area contributed by atoms with Crippen LogP contribution in [0.15, 0.2) is 39.8 Å². The van der Waals surface area contributed by atoms with Crippen molar-refractivity contribution in [3.05, 3.63) is 46.6 Å². The molecule has 1 aliphatic heterocycles. The van der Waals surface area contributed by atoms with Crippen LogP contribution < -0.4 is 10.4 Å². The summed E-state index contributed by atoms with van der Waals surface area (Å²) >= 11 is 0. The molecule has 2 aliphatic carbocycles. The molecule has 2 aromatic rings. The minimum Gasteiger partial charge on any atom is -0.482 e. The molecule has 0 radical (unpaired) electrons. The average Bonchev–Trinajstić information content (AvgIpc) is 2.85. The molecule has 9 heteroatoms. The van der Waals surface area contributed by atoms with Gasteiger partial charge in [-0.05, 0) is 49.7 Å². The van der Waals surface area contributed by atoms with Gasteiger partial charge in [0.25, 0.3) is 0 Å². The van der Waals surface area contributed by atoms with Gasteiger partial charge < -0.3 is 28.8 Å². The average molecular weight is 514 g/mol. The number of methoxy groups -OCH3 is 1. The maximum atomic E-state index is 13.3. The Morgan fingerprint density at radius 2 is 2.03 bits per heavy atom. The fraction of sp³-hybridized carbons (Fsp3) is 0.607. The van der Waals surface area contributed by atoms with Crippen LogP contribution in [-0.2, 0) is 14.3 Å². The van der Waals surface area contributed by atoms with Crippen molar-refractivity contribution in [1.82, 2.24) is 4.98 Å². The zero-order chi connectivity index (χ0) is 26.8. The molecule has 2 N–H and O–H groups in total. The zero-order valence-corrected chi connectivity index (χ0v) is 21.9. The summed E-state index contributed by atoms with van der Waals surface area (Å²) in [5, 5.41) is 22.5. The molecule has 3 heterocycles. The van der Waals surface area contributed by atoms with E-state index in [4.69, 9.17) is 18.6 Å². The summed E-state index contributed by atoms with van der Waals surface area (Å²) < 4.78 is 23.9. The van der Waals surface area contributed by atoms with E-state index in [1.54, 1.807) is 37.7 Å². The van der Waals surface area contributed by atoms with Crippen LogP contribution in [0.4, 0.5) is 0 Å². The lowest BCUT2D eigenvalue weighted by molar-refractivity contribution is -0.270. The lowest BCUT2D eigenvalue weighted by Crippen LogP contribution is -2.71. The number of hydrogen-bond acceptors (Lipinski definition) is 9. The maximum absolute atomic E-state index is 13.3. The number of hydrogen-bond donors (Lipinski definition) is 2. The number of nitrogens with zero attached hydrogens (tertiary/aromatic N) is 1. The molecule has 200 valence electrons. The van der Waals surface area contributed by atoms with Gasteiger partial charge in [0, 0.05) is 49.4 Å². The fourth-order valence-electron chi connectivity index (χ4n) is 7.79. The van der Waals surface area contributed by atoms with E-state index >= 15 is 0 Å². The first-order chi connectivity index (χ1) is 17.5. The van der Waals surface area contributed by atoms with Crippen molar-refractivity contribution in [3.63, 3.8) is 0 Å². The van der Waals surface area contributed by atoms with Gasteiger partial charge in [-0.3, -0.25) is 9.78 Å². The van der Waals surface area contributed by atoms with E-state index in [-0.39, 0.29) is 35.7 Å². The highest BCUT2D eigenvalue weighted by Gasteiger charge is 2.70. The summed E-state index contributed by atoms with van der Waals surface area (Å²) in [5.41, 5.74) is -2.40. The third-order valence-corrected chi connectivity index (χ3v) is 9.46. The minimum absolute atomic E-state index is 0.0538.